The molecule has 0 nitrogen and oxygen atoms in total. The fraction of sp³-hybridized carbons (Fsp3) is 1.00. The second-order valence-corrected chi connectivity index (χ2v) is 7.02. The Labute approximate surface area is 86.5 Å². The molecule has 0 aliphatic heterocycles. The molecule has 76 valence electrons. The standard InChI is InChI=1S/C14H20/c1-2-10-13-5-7-3-11(13)9(1)12-4-8(7)6-14(10)12/h7-14H,1-6H2. The van der Waals surface area contributed by atoms with E-state index in [1.165, 1.54) is 47.3 Å². The Morgan fingerprint density at radius 3 is 1.14 bits per heavy atom. The van der Waals surface area contributed by atoms with E-state index in [0.29, 0.717) is 0 Å². The molecule has 14 heavy (non-hydrogen) atoms. The van der Waals surface area contributed by atoms with Crippen molar-refractivity contribution in [3.8, 4) is 0 Å². The van der Waals surface area contributed by atoms with Gasteiger partial charge >= 0.3 is 0 Å². The van der Waals surface area contributed by atoms with Crippen LogP contribution in [-0.2, 0) is 0 Å². The molecule has 7 aliphatic rings. The molecule has 4 unspecified atom stereocenters. The van der Waals surface area contributed by atoms with Crippen LogP contribution in [0.2, 0.25) is 0 Å². The van der Waals surface area contributed by atoms with Crippen molar-refractivity contribution in [3.05, 3.63) is 0 Å². The van der Waals surface area contributed by atoms with Crippen LogP contribution >= 0.6 is 0 Å². The normalized spacial score (nSPS) is 72.0. The molecule has 0 radical (unpaired) electrons. The number of fused-ring (bicyclic) bond motifs is 1. The smallest absolute Gasteiger partial charge is 0.0349 e. The van der Waals surface area contributed by atoms with Gasteiger partial charge < -0.3 is 0 Å². The highest BCUT2D eigenvalue weighted by atomic mass is 14.7. The summed E-state index contributed by atoms with van der Waals surface area (Å²) in [6.45, 7) is 0. The largest absolute Gasteiger partial charge is 0.0496 e. The Kier molecular flexibility index (Phi) is 1.08. The Morgan fingerprint density at radius 1 is 0.429 bits per heavy atom. The minimum Gasteiger partial charge on any atom is -0.0496 e. The van der Waals surface area contributed by atoms with Crippen molar-refractivity contribution in [1.82, 2.24) is 0 Å². The fourth-order valence-electron chi connectivity index (χ4n) is 6.91. The molecule has 0 amide bonds. The second kappa shape index (κ2) is 2.08. The van der Waals surface area contributed by atoms with Crippen LogP contribution in [0, 0.1) is 47.3 Å². The first-order chi connectivity index (χ1) is 6.92. The average Bonchev–Trinajstić information content (AvgIpc) is 2.75. The molecule has 7 rings (SSSR count). The van der Waals surface area contributed by atoms with E-state index >= 15 is 0 Å². The maximum absolute atomic E-state index is 1.67. The second-order valence-electron chi connectivity index (χ2n) is 7.02. The molecule has 8 bridgehead atoms. The van der Waals surface area contributed by atoms with Crippen LogP contribution in [-0.4, -0.2) is 0 Å². The fourth-order valence-corrected chi connectivity index (χ4v) is 6.91. The van der Waals surface area contributed by atoms with Gasteiger partial charge in [0.1, 0.15) is 0 Å². The summed E-state index contributed by atoms with van der Waals surface area (Å²) < 4.78 is 0. The number of rotatable bonds is 0. The molecule has 4 atom stereocenters. The monoisotopic (exact) mass is 188 g/mol. The molecular weight excluding hydrogens is 168 g/mol. The molecule has 7 fully saturated rings. The van der Waals surface area contributed by atoms with E-state index in [1.54, 1.807) is 38.5 Å². The zero-order valence-electron chi connectivity index (χ0n) is 8.86. The third-order valence-corrected chi connectivity index (χ3v) is 7.10. The first-order valence-corrected chi connectivity index (χ1v) is 6.92. The average molecular weight is 188 g/mol. The van der Waals surface area contributed by atoms with Crippen LogP contribution < -0.4 is 0 Å². The molecule has 0 heteroatoms. The Morgan fingerprint density at radius 2 is 0.786 bits per heavy atom. The van der Waals surface area contributed by atoms with Gasteiger partial charge in [-0.2, -0.15) is 0 Å². The summed E-state index contributed by atoms with van der Waals surface area (Å²) in [5.41, 5.74) is 0. The van der Waals surface area contributed by atoms with Crippen LogP contribution in [0.4, 0.5) is 0 Å². The van der Waals surface area contributed by atoms with Crippen LogP contribution in [0.15, 0.2) is 0 Å². The predicted molar refractivity (Wildman–Crippen MR) is 55.6 cm³/mol. The van der Waals surface area contributed by atoms with Crippen molar-refractivity contribution in [2.45, 2.75) is 38.5 Å². The lowest BCUT2D eigenvalue weighted by molar-refractivity contribution is -0.0466. The van der Waals surface area contributed by atoms with Gasteiger partial charge in [-0.1, -0.05) is 0 Å². The van der Waals surface area contributed by atoms with Crippen LogP contribution in [0.25, 0.3) is 0 Å². The van der Waals surface area contributed by atoms with Crippen molar-refractivity contribution >= 4 is 0 Å². The van der Waals surface area contributed by atoms with Crippen molar-refractivity contribution < 1.29 is 0 Å². The number of hydrogen-bond donors (Lipinski definition) is 0. The predicted octanol–water partition coefficient (Wildman–Crippen LogP) is 3.32. The third kappa shape index (κ3) is 0.605. The van der Waals surface area contributed by atoms with Crippen molar-refractivity contribution in [2.75, 3.05) is 0 Å². The minimum atomic E-state index is 1.20. The highest BCUT2D eigenvalue weighted by Crippen LogP contribution is 2.71. The van der Waals surface area contributed by atoms with Gasteiger partial charge in [0.05, 0.1) is 0 Å². The number of hydrogen-bond acceptors (Lipinski definition) is 0. The van der Waals surface area contributed by atoms with Gasteiger partial charge in [0.15, 0.2) is 0 Å². The Bertz CT molecular complexity index is 240. The van der Waals surface area contributed by atoms with Gasteiger partial charge in [-0.15, -0.1) is 0 Å². The molecule has 0 aromatic carbocycles. The Balaban J connectivity index is 1.76. The topological polar surface area (TPSA) is 0 Å². The summed E-state index contributed by atoms with van der Waals surface area (Å²) in [4.78, 5) is 0. The molecule has 0 spiro atoms. The van der Waals surface area contributed by atoms with E-state index in [1.807, 2.05) is 0 Å². The van der Waals surface area contributed by atoms with Gasteiger partial charge in [0.2, 0.25) is 0 Å². The van der Waals surface area contributed by atoms with E-state index in [0.717, 1.165) is 0 Å². The highest BCUT2D eigenvalue weighted by Gasteiger charge is 2.63. The van der Waals surface area contributed by atoms with Crippen LogP contribution in [0.1, 0.15) is 38.5 Å². The molecule has 0 saturated heterocycles. The third-order valence-electron chi connectivity index (χ3n) is 7.10. The first kappa shape index (κ1) is 7.30. The van der Waals surface area contributed by atoms with Gasteiger partial charge in [0, 0.05) is 0 Å². The lowest BCUT2D eigenvalue weighted by Crippen LogP contribution is -2.47. The van der Waals surface area contributed by atoms with E-state index in [2.05, 4.69) is 0 Å². The highest BCUT2D eigenvalue weighted by molar-refractivity contribution is 5.12. The molecule has 7 saturated carbocycles. The molecule has 7 aliphatic carbocycles. The SMILES string of the molecule is C1CC2C3CC4CC3C1C1CC4CC21. The van der Waals surface area contributed by atoms with Gasteiger partial charge in [0.25, 0.3) is 0 Å². The lowest BCUT2D eigenvalue weighted by atomic mass is 9.52. The van der Waals surface area contributed by atoms with Crippen LogP contribution in [0.3, 0.4) is 0 Å². The first-order valence-electron chi connectivity index (χ1n) is 6.92. The molecular formula is C14H20. The summed E-state index contributed by atoms with van der Waals surface area (Å²) in [6.07, 6.45) is 9.93. The summed E-state index contributed by atoms with van der Waals surface area (Å²) >= 11 is 0. The zero-order valence-corrected chi connectivity index (χ0v) is 8.86. The van der Waals surface area contributed by atoms with Crippen molar-refractivity contribution in [3.63, 3.8) is 0 Å². The van der Waals surface area contributed by atoms with E-state index < -0.39 is 0 Å². The maximum atomic E-state index is 1.67. The van der Waals surface area contributed by atoms with Crippen LogP contribution in [0.5, 0.6) is 0 Å². The van der Waals surface area contributed by atoms with Crippen molar-refractivity contribution in [1.29, 1.82) is 0 Å². The molecule has 0 aromatic rings. The quantitative estimate of drug-likeness (QED) is 0.547. The van der Waals surface area contributed by atoms with Gasteiger partial charge in [-0.05, 0) is 85.9 Å². The molecule has 0 heterocycles. The maximum Gasteiger partial charge on any atom is -0.0349 e. The summed E-state index contributed by atoms with van der Waals surface area (Å²) in [5.74, 6) is 9.74. The summed E-state index contributed by atoms with van der Waals surface area (Å²) in [5, 5.41) is 0. The molecule has 0 N–H and O–H groups in total. The summed E-state index contributed by atoms with van der Waals surface area (Å²) in [7, 11) is 0. The van der Waals surface area contributed by atoms with E-state index in [4.69, 9.17) is 0 Å². The van der Waals surface area contributed by atoms with E-state index in [9.17, 15) is 0 Å². The van der Waals surface area contributed by atoms with Crippen molar-refractivity contribution in [2.24, 2.45) is 47.3 Å². The zero-order chi connectivity index (χ0) is 8.86. The van der Waals surface area contributed by atoms with Gasteiger partial charge in [-0.25, -0.2) is 0 Å². The molecule has 0 aromatic heterocycles. The van der Waals surface area contributed by atoms with E-state index in [-0.39, 0.29) is 0 Å². The lowest BCUT2D eigenvalue weighted by Gasteiger charge is -2.53. The minimum absolute atomic E-state index is 1.20. The van der Waals surface area contributed by atoms with Gasteiger partial charge in [-0.3, -0.25) is 0 Å². The Hall–Kier alpha value is 0. The summed E-state index contributed by atoms with van der Waals surface area (Å²) in [6, 6.07) is 0.